The average Bonchev–Trinajstić information content (AvgIpc) is 2.74. The third kappa shape index (κ3) is 12.9. The summed E-state index contributed by atoms with van der Waals surface area (Å²) in [6.45, 7) is 0. The molecule has 9 N–H and O–H groups in total. The number of hydrogen-bond acceptors (Lipinski definition) is 9. The number of nitrogens with one attached hydrogen (secondary N) is 3. The zero-order valence-corrected chi connectivity index (χ0v) is 19.8. The molecule has 0 bridgehead atoms. The van der Waals surface area contributed by atoms with Crippen molar-refractivity contribution in [3.05, 3.63) is 0 Å². The Morgan fingerprint density at radius 2 is 1.36 bits per heavy atom. The highest BCUT2D eigenvalue weighted by molar-refractivity contribution is 7.98. The van der Waals surface area contributed by atoms with Gasteiger partial charge in [-0.1, -0.05) is 0 Å². The summed E-state index contributed by atoms with van der Waals surface area (Å²) in [6.07, 6.45) is 0.927. The molecule has 0 aromatic heterocycles. The van der Waals surface area contributed by atoms with E-state index in [1.165, 1.54) is 11.8 Å². The van der Waals surface area contributed by atoms with Gasteiger partial charge in [-0.3, -0.25) is 24.0 Å². The third-order valence-electron chi connectivity index (χ3n) is 4.36. The predicted molar refractivity (Wildman–Crippen MR) is 124 cm³/mol. The van der Waals surface area contributed by atoms with E-state index in [0.29, 0.717) is 12.2 Å². The molecule has 33 heavy (non-hydrogen) atoms. The summed E-state index contributed by atoms with van der Waals surface area (Å²) in [7, 11) is 0. The lowest BCUT2D eigenvalue weighted by Crippen LogP contribution is -2.57. The van der Waals surface area contributed by atoms with Crippen LogP contribution in [0.3, 0.4) is 0 Å². The lowest BCUT2D eigenvalue weighted by Gasteiger charge is -2.24. The van der Waals surface area contributed by atoms with Crippen LogP contribution in [-0.4, -0.2) is 87.7 Å². The normalized spacial score (nSPS) is 14.3. The van der Waals surface area contributed by atoms with E-state index >= 15 is 0 Å². The fourth-order valence-electron chi connectivity index (χ4n) is 2.47. The molecule has 0 rings (SSSR count). The first-order valence-corrected chi connectivity index (χ1v) is 11.9. The standard InChI is InChI=1S/C18H31N5O8S2/c1-33-7-6-9(19)15(27)21-10(3-5-14(25)26)16(28)23-12(8-32)17(29)22-11(18(30)31)2-4-13(20)24/h9-12,32H,2-8,19H2,1H3,(H2,20,24)(H,21,27)(H,22,29)(H,23,28)(H,25,26)(H,30,31). The lowest BCUT2D eigenvalue weighted by atomic mass is 10.1. The Kier molecular flexibility index (Phi) is 14.9. The van der Waals surface area contributed by atoms with Crippen LogP contribution < -0.4 is 27.4 Å². The van der Waals surface area contributed by atoms with Gasteiger partial charge in [0, 0.05) is 18.6 Å². The topological polar surface area (TPSA) is 231 Å². The molecule has 0 saturated heterocycles. The molecule has 0 heterocycles. The number of carbonyl (C=O) groups excluding carboxylic acids is 4. The molecule has 0 aliphatic heterocycles. The minimum absolute atomic E-state index is 0.230. The molecule has 4 amide bonds. The van der Waals surface area contributed by atoms with Gasteiger partial charge >= 0.3 is 11.9 Å². The maximum Gasteiger partial charge on any atom is 0.326 e. The van der Waals surface area contributed by atoms with Gasteiger partial charge in [0.1, 0.15) is 18.1 Å². The number of hydrogen-bond donors (Lipinski definition) is 8. The van der Waals surface area contributed by atoms with Crippen LogP contribution in [0.25, 0.3) is 0 Å². The summed E-state index contributed by atoms with van der Waals surface area (Å²) in [5.74, 6) is -5.39. The Labute approximate surface area is 200 Å². The molecule has 0 aliphatic rings. The second kappa shape index (κ2) is 16.1. The Bertz CT molecular complexity index is 724. The number of thioether (sulfide) groups is 1. The van der Waals surface area contributed by atoms with Crippen molar-refractivity contribution < 1.29 is 39.0 Å². The van der Waals surface area contributed by atoms with Crippen LogP contribution in [0.15, 0.2) is 0 Å². The van der Waals surface area contributed by atoms with Crippen LogP contribution in [0, 0.1) is 0 Å². The molecule has 4 unspecified atom stereocenters. The van der Waals surface area contributed by atoms with Gasteiger partial charge in [-0.25, -0.2) is 4.79 Å². The van der Waals surface area contributed by atoms with Crippen molar-refractivity contribution in [2.45, 2.75) is 56.3 Å². The SMILES string of the molecule is CSCCC(N)C(=O)NC(CCC(=O)O)C(=O)NC(CS)C(=O)NC(CCC(N)=O)C(=O)O. The number of primary amides is 1. The summed E-state index contributed by atoms with van der Waals surface area (Å²) in [6, 6.07) is -4.94. The Balaban J connectivity index is 5.26. The van der Waals surface area contributed by atoms with Crippen molar-refractivity contribution >= 4 is 60.0 Å². The quantitative estimate of drug-likeness (QED) is 0.0974. The zero-order chi connectivity index (χ0) is 25.6. The van der Waals surface area contributed by atoms with Gasteiger partial charge in [0.15, 0.2) is 0 Å². The second-order valence-corrected chi connectivity index (χ2v) is 8.38. The van der Waals surface area contributed by atoms with Gasteiger partial charge in [0.25, 0.3) is 0 Å². The fourth-order valence-corrected chi connectivity index (χ4v) is 3.22. The second-order valence-electron chi connectivity index (χ2n) is 7.03. The first-order chi connectivity index (χ1) is 15.4. The maximum atomic E-state index is 12.7. The number of amides is 4. The van der Waals surface area contributed by atoms with E-state index in [4.69, 9.17) is 16.6 Å². The molecule has 0 radical (unpaired) electrons. The molecule has 188 valence electrons. The molecule has 0 spiro atoms. The lowest BCUT2D eigenvalue weighted by molar-refractivity contribution is -0.142. The molecule has 0 aromatic carbocycles. The summed E-state index contributed by atoms with van der Waals surface area (Å²) < 4.78 is 0. The molecule has 0 fully saturated rings. The minimum Gasteiger partial charge on any atom is -0.481 e. The monoisotopic (exact) mass is 509 g/mol. The van der Waals surface area contributed by atoms with Crippen molar-refractivity contribution in [3.8, 4) is 0 Å². The van der Waals surface area contributed by atoms with Crippen molar-refractivity contribution in [2.24, 2.45) is 11.5 Å². The molecular formula is C18H31N5O8S2. The number of carboxylic acid groups (broad SMARTS) is 2. The zero-order valence-electron chi connectivity index (χ0n) is 18.1. The minimum atomic E-state index is -1.43. The van der Waals surface area contributed by atoms with Crippen LogP contribution in [0.2, 0.25) is 0 Å². The molecule has 0 saturated carbocycles. The molecule has 4 atom stereocenters. The predicted octanol–water partition coefficient (Wildman–Crippen LogP) is -2.33. The highest BCUT2D eigenvalue weighted by Gasteiger charge is 2.30. The number of thiol groups is 1. The highest BCUT2D eigenvalue weighted by atomic mass is 32.2. The average molecular weight is 510 g/mol. The van der Waals surface area contributed by atoms with Crippen molar-refractivity contribution in [3.63, 3.8) is 0 Å². The summed E-state index contributed by atoms with van der Waals surface area (Å²) in [5.41, 5.74) is 10.8. The highest BCUT2D eigenvalue weighted by Crippen LogP contribution is 2.04. The Morgan fingerprint density at radius 1 is 0.848 bits per heavy atom. The summed E-state index contributed by atoms with van der Waals surface area (Å²) in [4.78, 5) is 70.5. The number of aliphatic carboxylic acids is 2. The van der Waals surface area contributed by atoms with E-state index in [0.717, 1.165) is 0 Å². The van der Waals surface area contributed by atoms with E-state index in [9.17, 15) is 33.9 Å². The van der Waals surface area contributed by atoms with Gasteiger partial charge < -0.3 is 37.6 Å². The van der Waals surface area contributed by atoms with Crippen LogP contribution in [0.1, 0.15) is 32.1 Å². The van der Waals surface area contributed by atoms with Crippen LogP contribution >= 0.6 is 24.4 Å². The van der Waals surface area contributed by atoms with Crippen molar-refractivity contribution in [2.75, 3.05) is 17.8 Å². The molecule has 0 aromatic rings. The van der Waals surface area contributed by atoms with E-state index in [1.54, 1.807) is 0 Å². The van der Waals surface area contributed by atoms with Crippen molar-refractivity contribution in [1.29, 1.82) is 0 Å². The Morgan fingerprint density at radius 3 is 1.85 bits per heavy atom. The van der Waals surface area contributed by atoms with E-state index < -0.39 is 66.2 Å². The van der Waals surface area contributed by atoms with Gasteiger partial charge in [-0.05, 0) is 31.3 Å². The number of carbonyl (C=O) groups is 6. The van der Waals surface area contributed by atoms with Gasteiger partial charge in [0.05, 0.1) is 6.04 Å². The molecule has 13 nitrogen and oxygen atoms in total. The molecule has 0 aliphatic carbocycles. The first-order valence-electron chi connectivity index (χ1n) is 9.92. The molecule has 15 heteroatoms. The van der Waals surface area contributed by atoms with Crippen LogP contribution in [-0.2, 0) is 28.8 Å². The van der Waals surface area contributed by atoms with Crippen molar-refractivity contribution in [1.82, 2.24) is 16.0 Å². The smallest absolute Gasteiger partial charge is 0.326 e. The van der Waals surface area contributed by atoms with E-state index in [-0.39, 0.29) is 25.0 Å². The number of nitrogens with two attached hydrogens (primary N) is 2. The number of carboxylic acids is 2. The Hall–Kier alpha value is -2.52. The third-order valence-corrected chi connectivity index (χ3v) is 5.37. The van der Waals surface area contributed by atoms with Crippen LogP contribution in [0.5, 0.6) is 0 Å². The first kappa shape index (κ1) is 30.5. The van der Waals surface area contributed by atoms with E-state index in [2.05, 4.69) is 28.6 Å². The van der Waals surface area contributed by atoms with Gasteiger partial charge in [-0.2, -0.15) is 24.4 Å². The van der Waals surface area contributed by atoms with E-state index in [1.807, 2.05) is 6.26 Å². The molecular weight excluding hydrogens is 478 g/mol. The fraction of sp³-hybridized carbons (Fsp3) is 0.667. The van der Waals surface area contributed by atoms with Gasteiger partial charge in [-0.15, -0.1) is 0 Å². The largest absolute Gasteiger partial charge is 0.481 e. The number of rotatable bonds is 17. The maximum absolute atomic E-state index is 12.7. The summed E-state index contributed by atoms with van der Waals surface area (Å²) in [5, 5.41) is 25.0. The van der Waals surface area contributed by atoms with Crippen LogP contribution in [0.4, 0.5) is 0 Å². The summed E-state index contributed by atoms with van der Waals surface area (Å²) >= 11 is 5.46. The van der Waals surface area contributed by atoms with Gasteiger partial charge in [0.2, 0.25) is 23.6 Å².